The number of aliphatic hydroxyl groups is 1. The van der Waals surface area contributed by atoms with Crippen molar-refractivity contribution in [3.05, 3.63) is 36.2 Å². The predicted octanol–water partition coefficient (Wildman–Crippen LogP) is 1.61. The fraction of sp³-hybridized carbons (Fsp3) is 0.400. The van der Waals surface area contributed by atoms with Gasteiger partial charge in [-0.3, -0.25) is 9.79 Å². The summed E-state index contributed by atoms with van der Waals surface area (Å²) in [6.45, 7) is 5.57. The first-order valence-electron chi connectivity index (χ1n) is 9.81. The van der Waals surface area contributed by atoms with Crippen LogP contribution in [0.15, 0.2) is 45.7 Å². The van der Waals surface area contributed by atoms with Crippen LogP contribution in [0.25, 0.3) is 0 Å². The summed E-state index contributed by atoms with van der Waals surface area (Å²) >= 11 is 0. The number of nitrogens with zero attached hydrogens (tertiary/aromatic N) is 5. The molecular weight excluding hydrogens is 370 g/mol. The van der Waals surface area contributed by atoms with Crippen LogP contribution in [0.3, 0.4) is 0 Å². The smallest absolute Gasteiger partial charge is 0.301 e. The number of rotatable bonds is 3. The van der Waals surface area contributed by atoms with Gasteiger partial charge in [-0.2, -0.15) is 0 Å². The predicted molar refractivity (Wildman–Crippen MR) is 111 cm³/mol. The third kappa shape index (κ3) is 2.73. The van der Waals surface area contributed by atoms with Crippen molar-refractivity contribution in [2.75, 3.05) is 30.3 Å². The molecule has 0 spiro atoms. The number of quaternary nitrogens is 1. The van der Waals surface area contributed by atoms with Crippen molar-refractivity contribution in [1.29, 1.82) is 0 Å². The summed E-state index contributed by atoms with van der Waals surface area (Å²) < 4.78 is 0.136. The van der Waals surface area contributed by atoms with E-state index in [1.165, 1.54) is 0 Å². The lowest BCUT2D eigenvalue weighted by Crippen LogP contribution is -2.55. The number of fused-ring (bicyclic) bond motifs is 2. The summed E-state index contributed by atoms with van der Waals surface area (Å²) in [5, 5.41) is 22.7. The highest BCUT2D eigenvalue weighted by molar-refractivity contribution is 6.30. The van der Waals surface area contributed by atoms with Gasteiger partial charge in [0.05, 0.1) is 24.7 Å². The molecule has 0 saturated carbocycles. The van der Waals surface area contributed by atoms with Gasteiger partial charge in [0.1, 0.15) is 6.21 Å². The molecule has 9 nitrogen and oxygen atoms in total. The molecule has 0 aromatic heterocycles. The minimum absolute atomic E-state index is 0.00133. The largest absolute Gasteiger partial charge is 0.396 e. The Hall–Kier alpha value is -2.88. The van der Waals surface area contributed by atoms with E-state index < -0.39 is 5.41 Å². The molecule has 2 atom stereocenters. The number of benzene rings is 1. The summed E-state index contributed by atoms with van der Waals surface area (Å²) in [5.74, 6) is 1.43. The van der Waals surface area contributed by atoms with Crippen molar-refractivity contribution in [3.63, 3.8) is 0 Å². The second-order valence-corrected chi connectivity index (χ2v) is 8.33. The van der Waals surface area contributed by atoms with Crippen LogP contribution in [0.4, 0.5) is 11.4 Å². The van der Waals surface area contributed by atoms with Gasteiger partial charge in [0, 0.05) is 23.9 Å². The van der Waals surface area contributed by atoms with Gasteiger partial charge in [-0.25, -0.2) is 0 Å². The normalized spacial score (nSPS) is 29.3. The highest BCUT2D eigenvalue weighted by Gasteiger charge is 2.49. The van der Waals surface area contributed by atoms with Gasteiger partial charge >= 0.3 is 5.84 Å². The van der Waals surface area contributed by atoms with Gasteiger partial charge in [-0.15, -0.1) is 10.0 Å². The van der Waals surface area contributed by atoms with Crippen LogP contribution in [0.1, 0.15) is 25.8 Å². The van der Waals surface area contributed by atoms with Crippen LogP contribution in [-0.4, -0.2) is 58.4 Å². The van der Waals surface area contributed by atoms with Gasteiger partial charge in [-0.05, 0) is 47.8 Å². The zero-order valence-corrected chi connectivity index (χ0v) is 16.5. The van der Waals surface area contributed by atoms with Crippen molar-refractivity contribution in [3.8, 4) is 0 Å². The van der Waals surface area contributed by atoms with E-state index in [4.69, 9.17) is 5.10 Å². The number of hydrogen-bond donors (Lipinski definition) is 3. The number of aliphatic hydroxyl groups excluding tert-OH is 1. The molecule has 1 amide bonds. The Labute approximate surface area is 168 Å². The lowest BCUT2D eigenvalue weighted by molar-refractivity contribution is -0.915. The maximum atomic E-state index is 12.2. The van der Waals surface area contributed by atoms with Crippen molar-refractivity contribution >= 4 is 35.3 Å². The number of nitrogens with one attached hydrogen (secondary N) is 2. The molecule has 1 saturated heterocycles. The molecule has 150 valence electrons. The van der Waals surface area contributed by atoms with Crippen molar-refractivity contribution < 1.29 is 14.6 Å². The average molecular weight is 394 g/mol. The van der Waals surface area contributed by atoms with Gasteiger partial charge < -0.3 is 15.7 Å². The van der Waals surface area contributed by atoms with E-state index >= 15 is 0 Å². The highest BCUT2D eigenvalue weighted by Crippen LogP contribution is 2.39. The molecule has 1 aromatic carbocycles. The van der Waals surface area contributed by atoms with E-state index in [9.17, 15) is 9.90 Å². The standard InChI is InChI=1S/C20H23N7O2/c1-20(2)15-4-3-14(9-16(15)23-18(20)29)22-19-24-17-10-21-6-8-27(17,25-19)26-7-5-13(11-26)12-28/h3-4,6,8-10,13,28H,5,7,11-12H2,1-2H3,(H-,22,23,25,29)/p+1. The first-order valence-corrected chi connectivity index (χ1v) is 9.81. The van der Waals surface area contributed by atoms with Crippen LogP contribution in [0, 0.1) is 5.92 Å². The van der Waals surface area contributed by atoms with Gasteiger partial charge in [0.15, 0.2) is 6.20 Å². The topological polar surface area (TPSA) is 102 Å². The van der Waals surface area contributed by atoms with E-state index in [2.05, 4.69) is 25.6 Å². The van der Waals surface area contributed by atoms with Crippen molar-refractivity contribution in [2.24, 2.45) is 21.0 Å². The molecule has 1 aromatic rings. The van der Waals surface area contributed by atoms with Crippen LogP contribution in [0.2, 0.25) is 0 Å². The monoisotopic (exact) mass is 394 g/mol. The Morgan fingerprint density at radius 2 is 2.28 bits per heavy atom. The Balaban J connectivity index is 1.43. The van der Waals surface area contributed by atoms with Crippen molar-refractivity contribution in [1.82, 2.24) is 5.01 Å². The maximum Gasteiger partial charge on any atom is 0.301 e. The second kappa shape index (κ2) is 6.31. The number of guanidine groups is 1. The molecule has 0 radical (unpaired) electrons. The Kier molecular flexibility index (Phi) is 3.95. The lowest BCUT2D eigenvalue weighted by Gasteiger charge is -2.31. The summed E-state index contributed by atoms with van der Waals surface area (Å²) in [7, 11) is 0. The van der Waals surface area contributed by atoms with Crippen LogP contribution in [0.5, 0.6) is 0 Å². The number of amides is 1. The lowest BCUT2D eigenvalue weighted by atomic mass is 9.86. The first kappa shape index (κ1) is 18.2. The Morgan fingerprint density at radius 1 is 1.41 bits per heavy atom. The van der Waals surface area contributed by atoms with Gasteiger partial charge in [0.25, 0.3) is 5.96 Å². The molecule has 5 rings (SSSR count). The zero-order valence-electron chi connectivity index (χ0n) is 16.5. The van der Waals surface area contributed by atoms with Crippen LogP contribution in [-0.2, 0) is 10.2 Å². The van der Waals surface area contributed by atoms with E-state index in [0.29, 0.717) is 11.8 Å². The number of amidine groups is 1. The number of aliphatic imine (C=N–C) groups is 2. The molecule has 3 N–H and O–H groups in total. The molecule has 2 unspecified atom stereocenters. The maximum absolute atomic E-state index is 12.2. The third-order valence-corrected chi connectivity index (χ3v) is 6.07. The summed E-state index contributed by atoms with van der Waals surface area (Å²) in [6, 6.07) is 5.81. The highest BCUT2D eigenvalue weighted by atomic mass is 16.3. The SMILES string of the molecule is CC1(C)C(=O)Nc2cc(NC3=N[N+]4(N5CCC(CO)C5)C=CN=CC4=N3)ccc21. The average Bonchev–Trinajstić information content (AvgIpc) is 3.37. The molecule has 29 heavy (non-hydrogen) atoms. The minimum atomic E-state index is -0.533. The molecule has 0 aliphatic carbocycles. The number of hydrogen-bond acceptors (Lipinski definition) is 7. The van der Waals surface area contributed by atoms with Crippen molar-refractivity contribution in [2.45, 2.75) is 25.7 Å². The molecule has 0 bridgehead atoms. The first-order chi connectivity index (χ1) is 13.9. The molecule has 4 aliphatic heterocycles. The molecule has 4 heterocycles. The fourth-order valence-electron chi connectivity index (χ4n) is 4.26. The van der Waals surface area contributed by atoms with Crippen LogP contribution < -0.4 is 10.6 Å². The molecular formula is C20H24N7O2+. The van der Waals surface area contributed by atoms with E-state index in [1.807, 2.05) is 38.2 Å². The summed E-state index contributed by atoms with van der Waals surface area (Å²) in [6.07, 6.45) is 6.27. The summed E-state index contributed by atoms with van der Waals surface area (Å²) in [4.78, 5) is 21.1. The Bertz CT molecular complexity index is 1010. The van der Waals surface area contributed by atoms with E-state index in [0.717, 1.165) is 36.4 Å². The van der Waals surface area contributed by atoms with Crippen LogP contribution >= 0.6 is 0 Å². The molecule has 4 aliphatic rings. The number of carbonyl (C=O) groups excluding carboxylic acids is 1. The molecule has 1 fully saturated rings. The number of carbonyl (C=O) groups is 1. The second-order valence-electron chi connectivity index (χ2n) is 8.33. The third-order valence-electron chi connectivity index (χ3n) is 6.07. The quantitative estimate of drug-likeness (QED) is 0.678. The van der Waals surface area contributed by atoms with Gasteiger partial charge in [-0.1, -0.05) is 6.07 Å². The molecule has 9 heteroatoms. The summed E-state index contributed by atoms with van der Waals surface area (Å²) in [5.41, 5.74) is 2.06. The van der Waals surface area contributed by atoms with E-state index in [1.54, 1.807) is 12.4 Å². The Morgan fingerprint density at radius 3 is 3.07 bits per heavy atom. The van der Waals surface area contributed by atoms with E-state index in [-0.39, 0.29) is 23.1 Å². The van der Waals surface area contributed by atoms with Gasteiger partial charge in [0.2, 0.25) is 5.91 Å². The zero-order chi connectivity index (χ0) is 20.2. The fourth-order valence-corrected chi connectivity index (χ4v) is 4.26. The minimum Gasteiger partial charge on any atom is -0.396 e. The number of anilines is 2.